The van der Waals surface area contributed by atoms with Crippen LogP contribution < -0.4 is 5.32 Å². The zero-order valence-electron chi connectivity index (χ0n) is 12.1. The molecule has 22 heavy (non-hydrogen) atoms. The van der Waals surface area contributed by atoms with Crippen LogP contribution in [0, 0.1) is 5.82 Å². The highest BCUT2D eigenvalue weighted by Crippen LogP contribution is 2.36. The topological polar surface area (TPSA) is 38.1 Å². The molecule has 4 heteroatoms. The average Bonchev–Trinajstić information content (AvgIpc) is 2.99. The molecule has 1 aromatic heterocycles. The van der Waals surface area contributed by atoms with Gasteiger partial charge in [-0.05, 0) is 43.1 Å². The van der Waals surface area contributed by atoms with E-state index in [2.05, 4.69) is 34.7 Å². The lowest BCUT2D eigenvalue weighted by atomic mass is 9.85. The fraction of sp³-hybridized carbons (Fsp3) is 0.278. The Morgan fingerprint density at radius 1 is 1.14 bits per heavy atom. The molecule has 2 heterocycles. The number of fused-ring (bicyclic) bond motifs is 1. The minimum absolute atomic E-state index is 0.245. The van der Waals surface area contributed by atoms with E-state index in [4.69, 9.17) is 4.52 Å². The molecule has 0 spiro atoms. The Morgan fingerprint density at radius 3 is 2.86 bits per heavy atom. The van der Waals surface area contributed by atoms with Crippen molar-refractivity contribution in [2.24, 2.45) is 0 Å². The van der Waals surface area contributed by atoms with Crippen molar-refractivity contribution < 1.29 is 8.91 Å². The third-order valence-corrected chi connectivity index (χ3v) is 4.45. The van der Waals surface area contributed by atoms with E-state index in [1.165, 1.54) is 17.7 Å². The molecule has 0 bridgehead atoms. The van der Waals surface area contributed by atoms with Crippen LogP contribution in [0.5, 0.6) is 0 Å². The largest absolute Gasteiger partial charge is 0.356 e. The molecule has 3 nitrogen and oxygen atoms in total. The number of halogens is 1. The van der Waals surface area contributed by atoms with E-state index >= 15 is 0 Å². The minimum Gasteiger partial charge on any atom is -0.356 e. The summed E-state index contributed by atoms with van der Waals surface area (Å²) in [5.41, 5.74) is 2.83. The van der Waals surface area contributed by atoms with Gasteiger partial charge in [0.15, 0.2) is 5.58 Å². The number of nitrogens with zero attached hydrogens (tertiary/aromatic N) is 1. The molecule has 4 rings (SSSR count). The van der Waals surface area contributed by atoms with Crippen molar-refractivity contribution in [3.05, 3.63) is 65.6 Å². The van der Waals surface area contributed by atoms with Crippen molar-refractivity contribution in [3.8, 4) is 0 Å². The second-order valence-electron chi connectivity index (χ2n) is 5.85. The van der Waals surface area contributed by atoms with Crippen molar-refractivity contribution in [2.75, 3.05) is 6.54 Å². The zero-order valence-corrected chi connectivity index (χ0v) is 12.1. The summed E-state index contributed by atoms with van der Waals surface area (Å²) >= 11 is 0. The van der Waals surface area contributed by atoms with Gasteiger partial charge in [0, 0.05) is 17.3 Å². The molecular formula is C18H17FN2O. The lowest BCUT2D eigenvalue weighted by Crippen LogP contribution is -2.31. The van der Waals surface area contributed by atoms with Crippen LogP contribution in [0.25, 0.3) is 11.0 Å². The molecule has 0 amide bonds. The molecular weight excluding hydrogens is 279 g/mol. The number of aromatic nitrogens is 1. The number of nitrogens with one attached hydrogen (secondary N) is 1. The Bertz CT molecular complexity index is 784. The number of hydrogen-bond acceptors (Lipinski definition) is 3. The Hall–Kier alpha value is -2.20. The molecule has 0 aliphatic carbocycles. The first-order valence-corrected chi connectivity index (χ1v) is 7.64. The van der Waals surface area contributed by atoms with Gasteiger partial charge in [0.25, 0.3) is 0 Å². The Balaban J connectivity index is 1.65. The first-order valence-electron chi connectivity index (χ1n) is 7.64. The summed E-state index contributed by atoms with van der Waals surface area (Å²) in [6.07, 6.45) is 1.93. The SMILES string of the molecule is Fc1ccc2onc([C@H]3CCN[C@H](c4ccccc4)C3)c2c1. The van der Waals surface area contributed by atoms with Crippen LogP contribution in [-0.2, 0) is 0 Å². The summed E-state index contributed by atoms with van der Waals surface area (Å²) in [6.45, 7) is 0.925. The minimum atomic E-state index is -0.245. The smallest absolute Gasteiger partial charge is 0.167 e. The molecule has 1 aliphatic heterocycles. The van der Waals surface area contributed by atoms with Crippen molar-refractivity contribution in [3.63, 3.8) is 0 Å². The maximum atomic E-state index is 13.5. The van der Waals surface area contributed by atoms with Crippen molar-refractivity contribution in [2.45, 2.75) is 24.8 Å². The molecule has 2 aromatic carbocycles. The summed E-state index contributed by atoms with van der Waals surface area (Å²) in [6, 6.07) is 15.3. The van der Waals surface area contributed by atoms with Gasteiger partial charge in [-0.2, -0.15) is 0 Å². The first kappa shape index (κ1) is 13.5. The summed E-state index contributed by atoms with van der Waals surface area (Å²) in [5.74, 6) is 0.0417. The predicted molar refractivity (Wildman–Crippen MR) is 83.1 cm³/mol. The van der Waals surface area contributed by atoms with Crippen LogP contribution in [0.3, 0.4) is 0 Å². The Labute approximate surface area is 128 Å². The van der Waals surface area contributed by atoms with Crippen LogP contribution in [0.2, 0.25) is 0 Å². The van der Waals surface area contributed by atoms with E-state index in [1.54, 1.807) is 6.07 Å². The standard InChI is InChI=1S/C18H17FN2O/c19-14-6-7-17-15(11-14)18(21-22-17)13-8-9-20-16(10-13)12-4-2-1-3-5-12/h1-7,11,13,16,20H,8-10H2/t13-,16-/m0/s1. The Morgan fingerprint density at radius 2 is 2.00 bits per heavy atom. The van der Waals surface area contributed by atoms with Gasteiger partial charge in [-0.3, -0.25) is 0 Å². The fourth-order valence-electron chi connectivity index (χ4n) is 3.33. The van der Waals surface area contributed by atoms with Gasteiger partial charge >= 0.3 is 0 Å². The molecule has 1 aliphatic rings. The normalized spacial score (nSPS) is 22.0. The maximum Gasteiger partial charge on any atom is 0.167 e. The summed E-state index contributed by atoms with van der Waals surface area (Å²) < 4.78 is 18.9. The molecule has 1 N–H and O–H groups in total. The molecule has 112 valence electrons. The van der Waals surface area contributed by atoms with Gasteiger partial charge in [0.05, 0.1) is 5.69 Å². The lowest BCUT2D eigenvalue weighted by Gasteiger charge is -2.29. The second kappa shape index (κ2) is 5.54. The lowest BCUT2D eigenvalue weighted by molar-refractivity contribution is 0.350. The molecule has 0 saturated carbocycles. The third-order valence-electron chi connectivity index (χ3n) is 4.45. The van der Waals surface area contributed by atoms with Crippen molar-refractivity contribution in [1.82, 2.24) is 10.5 Å². The van der Waals surface area contributed by atoms with E-state index in [1.807, 2.05) is 6.07 Å². The van der Waals surface area contributed by atoms with Crippen molar-refractivity contribution in [1.29, 1.82) is 0 Å². The van der Waals surface area contributed by atoms with E-state index in [0.29, 0.717) is 11.6 Å². The highest BCUT2D eigenvalue weighted by atomic mass is 19.1. The molecule has 0 unspecified atom stereocenters. The van der Waals surface area contributed by atoms with Gasteiger partial charge in [-0.25, -0.2) is 4.39 Å². The van der Waals surface area contributed by atoms with Gasteiger partial charge in [0.1, 0.15) is 5.82 Å². The van der Waals surface area contributed by atoms with Gasteiger partial charge < -0.3 is 9.84 Å². The first-order chi connectivity index (χ1) is 10.8. The zero-order chi connectivity index (χ0) is 14.9. The van der Waals surface area contributed by atoms with E-state index in [-0.39, 0.29) is 11.7 Å². The van der Waals surface area contributed by atoms with Crippen LogP contribution in [0.4, 0.5) is 4.39 Å². The van der Waals surface area contributed by atoms with Crippen LogP contribution >= 0.6 is 0 Å². The average molecular weight is 296 g/mol. The third kappa shape index (κ3) is 2.40. The van der Waals surface area contributed by atoms with Gasteiger partial charge in [-0.15, -0.1) is 0 Å². The summed E-state index contributed by atoms with van der Waals surface area (Å²) in [5, 5.41) is 8.58. The number of piperidine rings is 1. The van der Waals surface area contributed by atoms with E-state index in [9.17, 15) is 4.39 Å². The van der Waals surface area contributed by atoms with Crippen LogP contribution in [0.15, 0.2) is 53.1 Å². The predicted octanol–water partition coefficient (Wildman–Crippen LogP) is 4.18. The highest BCUT2D eigenvalue weighted by Gasteiger charge is 2.27. The maximum absolute atomic E-state index is 13.5. The number of hydrogen-bond donors (Lipinski definition) is 1. The van der Waals surface area contributed by atoms with Crippen LogP contribution in [0.1, 0.15) is 36.1 Å². The molecule has 1 saturated heterocycles. The number of rotatable bonds is 2. The van der Waals surface area contributed by atoms with E-state index < -0.39 is 0 Å². The number of benzene rings is 2. The summed E-state index contributed by atoms with van der Waals surface area (Å²) in [7, 11) is 0. The van der Waals surface area contributed by atoms with E-state index in [0.717, 1.165) is 30.5 Å². The van der Waals surface area contributed by atoms with Crippen molar-refractivity contribution >= 4 is 11.0 Å². The second-order valence-corrected chi connectivity index (χ2v) is 5.85. The molecule has 0 radical (unpaired) electrons. The van der Waals surface area contributed by atoms with Gasteiger partial charge in [-0.1, -0.05) is 35.5 Å². The molecule has 1 fully saturated rings. The van der Waals surface area contributed by atoms with Gasteiger partial charge in [0.2, 0.25) is 0 Å². The fourth-order valence-corrected chi connectivity index (χ4v) is 3.33. The monoisotopic (exact) mass is 296 g/mol. The molecule has 2 atom stereocenters. The molecule has 3 aromatic rings. The summed E-state index contributed by atoms with van der Waals surface area (Å²) in [4.78, 5) is 0. The quantitative estimate of drug-likeness (QED) is 0.771. The highest BCUT2D eigenvalue weighted by molar-refractivity contribution is 5.79. The Kier molecular flexibility index (Phi) is 3.39. The van der Waals surface area contributed by atoms with Crippen LogP contribution in [-0.4, -0.2) is 11.7 Å².